The highest BCUT2D eigenvalue weighted by molar-refractivity contribution is 7.89. The summed E-state index contributed by atoms with van der Waals surface area (Å²) >= 11 is 0. The first kappa shape index (κ1) is 18.4. The van der Waals surface area contributed by atoms with Gasteiger partial charge in [-0.15, -0.1) is 0 Å². The molecule has 22 heavy (non-hydrogen) atoms. The molecule has 7 heteroatoms. The van der Waals surface area contributed by atoms with E-state index in [0.717, 1.165) is 0 Å². The molecular weight excluding hydrogens is 304 g/mol. The van der Waals surface area contributed by atoms with Crippen LogP contribution >= 0.6 is 0 Å². The highest BCUT2D eigenvalue weighted by Gasteiger charge is 2.14. The van der Waals surface area contributed by atoms with Crippen molar-refractivity contribution in [2.75, 3.05) is 19.7 Å². The first-order chi connectivity index (χ1) is 10.3. The zero-order valence-electron chi connectivity index (χ0n) is 13.3. The third-order valence-electron chi connectivity index (χ3n) is 2.80. The second-order valence-electron chi connectivity index (χ2n) is 5.25. The first-order valence-electron chi connectivity index (χ1n) is 7.34. The molecule has 0 saturated heterocycles. The number of sulfonamides is 1. The summed E-state index contributed by atoms with van der Waals surface area (Å²) < 4.78 is 31.8. The number of ether oxygens (including phenoxy) is 1. The zero-order valence-corrected chi connectivity index (χ0v) is 14.1. The van der Waals surface area contributed by atoms with Crippen molar-refractivity contribution in [3.8, 4) is 5.75 Å². The number of rotatable bonds is 9. The number of hydrogen-bond donors (Lipinski definition) is 2. The Morgan fingerprint density at radius 1 is 1.23 bits per heavy atom. The number of amides is 1. The van der Waals surface area contributed by atoms with Crippen LogP contribution in [0.25, 0.3) is 0 Å². The Labute approximate surface area is 132 Å². The summed E-state index contributed by atoms with van der Waals surface area (Å²) in [5.74, 6) is 0.821. The minimum absolute atomic E-state index is 0.0689. The maximum atomic E-state index is 12.1. The lowest BCUT2D eigenvalue weighted by Crippen LogP contribution is -2.32. The van der Waals surface area contributed by atoms with Gasteiger partial charge in [-0.05, 0) is 37.1 Å². The van der Waals surface area contributed by atoms with Crippen LogP contribution in [0.15, 0.2) is 29.2 Å². The van der Waals surface area contributed by atoms with Gasteiger partial charge < -0.3 is 10.1 Å². The van der Waals surface area contributed by atoms with Crippen LogP contribution in [0.1, 0.15) is 27.2 Å². The third kappa shape index (κ3) is 6.44. The van der Waals surface area contributed by atoms with Crippen molar-refractivity contribution in [2.24, 2.45) is 5.92 Å². The standard InChI is InChI=1S/C15H24N2O4S/c1-4-21-13-5-7-14(8-6-13)22(19,20)17-10-9-15(18)16-11-12(2)3/h5-8,12,17H,4,9-11H2,1-3H3,(H,16,18). The zero-order chi connectivity index (χ0) is 16.6. The molecule has 0 heterocycles. The lowest BCUT2D eigenvalue weighted by atomic mass is 10.2. The number of nitrogens with one attached hydrogen (secondary N) is 2. The van der Waals surface area contributed by atoms with Gasteiger partial charge in [-0.25, -0.2) is 13.1 Å². The molecule has 0 aliphatic heterocycles. The summed E-state index contributed by atoms with van der Waals surface area (Å²) in [5.41, 5.74) is 0. The molecule has 0 aliphatic carbocycles. The van der Waals surface area contributed by atoms with E-state index in [1.807, 2.05) is 20.8 Å². The third-order valence-corrected chi connectivity index (χ3v) is 4.27. The van der Waals surface area contributed by atoms with Crippen molar-refractivity contribution in [1.82, 2.24) is 10.0 Å². The van der Waals surface area contributed by atoms with Gasteiger partial charge in [-0.2, -0.15) is 0 Å². The van der Waals surface area contributed by atoms with Crippen LogP contribution in [0.4, 0.5) is 0 Å². The molecule has 0 aromatic heterocycles. The summed E-state index contributed by atoms with van der Waals surface area (Å²) in [6.45, 7) is 7.03. The van der Waals surface area contributed by atoms with Crippen LogP contribution < -0.4 is 14.8 Å². The van der Waals surface area contributed by atoms with E-state index in [4.69, 9.17) is 4.74 Å². The Morgan fingerprint density at radius 3 is 2.41 bits per heavy atom. The first-order valence-corrected chi connectivity index (χ1v) is 8.82. The summed E-state index contributed by atoms with van der Waals surface area (Å²) in [6, 6.07) is 6.17. The number of benzene rings is 1. The molecule has 0 aliphatic rings. The topological polar surface area (TPSA) is 84.5 Å². The van der Waals surface area contributed by atoms with Crippen LogP contribution in [0.3, 0.4) is 0 Å². The molecule has 1 aromatic carbocycles. The quantitative estimate of drug-likeness (QED) is 0.720. The fourth-order valence-electron chi connectivity index (χ4n) is 1.67. The Balaban J connectivity index is 2.48. The number of carbonyl (C=O) groups excluding carboxylic acids is 1. The molecular formula is C15H24N2O4S. The summed E-state index contributed by atoms with van der Waals surface area (Å²) in [4.78, 5) is 11.7. The lowest BCUT2D eigenvalue weighted by molar-refractivity contribution is -0.121. The fourth-order valence-corrected chi connectivity index (χ4v) is 2.70. The highest BCUT2D eigenvalue weighted by Crippen LogP contribution is 2.15. The van der Waals surface area contributed by atoms with Crippen LogP contribution in [0, 0.1) is 5.92 Å². The summed E-state index contributed by atoms with van der Waals surface area (Å²) in [7, 11) is -3.60. The monoisotopic (exact) mass is 328 g/mol. The summed E-state index contributed by atoms with van der Waals surface area (Å²) in [6.07, 6.45) is 0.114. The lowest BCUT2D eigenvalue weighted by Gasteiger charge is -2.09. The van der Waals surface area contributed by atoms with E-state index >= 15 is 0 Å². The molecule has 0 bridgehead atoms. The second kappa shape index (κ2) is 8.75. The smallest absolute Gasteiger partial charge is 0.240 e. The Bertz CT molecular complexity index is 568. The minimum atomic E-state index is -3.60. The van der Waals surface area contributed by atoms with Crippen LogP contribution in [0.5, 0.6) is 5.75 Å². The minimum Gasteiger partial charge on any atom is -0.494 e. The van der Waals surface area contributed by atoms with Gasteiger partial charge in [-0.3, -0.25) is 4.79 Å². The second-order valence-corrected chi connectivity index (χ2v) is 7.02. The fraction of sp³-hybridized carbons (Fsp3) is 0.533. The van der Waals surface area contributed by atoms with E-state index in [1.165, 1.54) is 12.1 Å². The molecule has 0 saturated carbocycles. The van der Waals surface area contributed by atoms with E-state index < -0.39 is 10.0 Å². The van der Waals surface area contributed by atoms with E-state index in [1.54, 1.807) is 12.1 Å². The van der Waals surface area contributed by atoms with Crippen LogP contribution in [-0.4, -0.2) is 34.0 Å². The average molecular weight is 328 g/mol. The molecule has 1 amide bonds. The molecule has 0 radical (unpaired) electrons. The van der Waals surface area contributed by atoms with Gasteiger partial charge in [-0.1, -0.05) is 13.8 Å². The van der Waals surface area contributed by atoms with Crippen LogP contribution in [0.2, 0.25) is 0 Å². The number of carbonyl (C=O) groups is 1. The van der Waals surface area contributed by atoms with E-state index in [-0.39, 0.29) is 23.8 Å². The molecule has 0 spiro atoms. The van der Waals surface area contributed by atoms with Gasteiger partial charge in [0.15, 0.2) is 0 Å². The Hall–Kier alpha value is -1.60. The van der Waals surface area contributed by atoms with Crippen molar-refractivity contribution in [3.63, 3.8) is 0 Å². The van der Waals surface area contributed by atoms with Crippen LogP contribution in [-0.2, 0) is 14.8 Å². The molecule has 0 atom stereocenters. The van der Waals surface area contributed by atoms with Gasteiger partial charge in [0.2, 0.25) is 15.9 Å². The molecule has 1 aromatic rings. The maximum absolute atomic E-state index is 12.1. The van der Waals surface area contributed by atoms with Gasteiger partial charge >= 0.3 is 0 Å². The maximum Gasteiger partial charge on any atom is 0.240 e. The Morgan fingerprint density at radius 2 is 1.86 bits per heavy atom. The highest BCUT2D eigenvalue weighted by atomic mass is 32.2. The Kier molecular flexibility index (Phi) is 7.34. The van der Waals surface area contributed by atoms with Gasteiger partial charge in [0.1, 0.15) is 5.75 Å². The molecule has 0 unspecified atom stereocenters. The largest absolute Gasteiger partial charge is 0.494 e. The van der Waals surface area contributed by atoms with Crippen molar-refractivity contribution in [1.29, 1.82) is 0 Å². The van der Waals surface area contributed by atoms with Crippen molar-refractivity contribution in [3.05, 3.63) is 24.3 Å². The van der Waals surface area contributed by atoms with Gasteiger partial charge in [0.05, 0.1) is 11.5 Å². The molecule has 1 rings (SSSR count). The molecule has 6 nitrogen and oxygen atoms in total. The van der Waals surface area contributed by atoms with Crippen molar-refractivity contribution < 1.29 is 17.9 Å². The average Bonchev–Trinajstić information content (AvgIpc) is 2.46. The SMILES string of the molecule is CCOc1ccc(S(=O)(=O)NCCC(=O)NCC(C)C)cc1. The van der Waals surface area contributed by atoms with E-state index in [2.05, 4.69) is 10.0 Å². The normalized spacial score (nSPS) is 11.5. The van der Waals surface area contributed by atoms with E-state index in [0.29, 0.717) is 24.8 Å². The van der Waals surface area contributed by atoms with Crippen molar-refractivity contribution >= 4 is 15.9 Å². The van der Waals surface area contributed by atoms with Gasteiger partial charge in [0.25, 0.3) is 0 Å². The number of hydrogen-bond acceptors (Lipinski definition) is 4. The molecule has 2 N–H and O–H groups in total. The predicted molar refractivity (Wildman–Crippen MR) is 85.3 cm³/mol. The predicted octanol–water partition coefficient (Wildman–Crippen LogP) is 1.53. The molecule has 124 valence electrons. The van der Waals surface area contributed by atoms with Gasteiger partial charge in [0, 0.05) is 19.5 Å². The molecule has 0 fully saturated rings. The van der Waals surface area contributed by atoms with E-state index in [9.17, 15) is 13.2 Å². The van der Waals surface area contributed by atoms with Crippen molar-refractivity contribution in [2.45, 2.75) is 32.1 Å². The summed E-state index contributed by atoms with van der Waals surface area (Å²) in [5, 5.41) is 2.74.